The first kappa shape index (κ1) is 10.7. The number of rotatable bonds is 4. The van der Waals surface area contributed by atoms with Crippen LogP contribution in [0.5, 0.6) is 0 Å². The maximum atomic E-state index is 8.85. The minimum Gasteiger partial charge on any atom is -0.462 e. The maximum absolute atomic E-state index is 8.85. The van der Waals surface area contributed by atoms with Gasteiger partial charge >= 0.3 is 0 Å². The summed E-state index contributed by atoms with van der Waals surface area (Å²) < 4.78 is 5.34. The predicted octanol–water partition coefficient (Wildman–Crippen LogP) is 2.09. The van der Waals surface area contributed by atoms with Gasteiger partial charge in [-0.25, -0.2) is 4.98 Å². The number of hydrogen-bond acceptors (Lipinski definition) is 4. The van der Waals surface area contributed by atoms with Crippen molar-refractivity contribution in [2.75, 3.05) is 5.32 Å². The molecule has 2 rings (SSSR count). The van der Waals surface area contributed by atoms with Crippen molar-refractivity contribution in [3.63, 3.8) is 0 Å². The van der Waals surface area contributed by atoms with Crippen molar-refractivity contribution >= 4 is 5.82 Å². The van der Waals surface area contributed by atoms with Gasteiger partial charge in [-0.05, 0) is 36.8 Å². The van der Waals surface area contributed by atoms with E-state index in [0.29, 0.717) is 12.3 Å². The molecule has 0 spiro atoms. The van der Waals surface area contributed by atoms with Gasteiger partial charge in [-0.3, -0.25) is 0 Å². The average Bonchev–Trinajstić information content (AvgIpc) is 2.74. The van der Waals surface area contributed by atoms with Crippen LogP contribution in [0.2, 0.25) is 0 Å². The number of hydrogen-bond donors (Lipinski definition) is 2. The highest BCUT2D eigenvalue weighted by atomic mass is 16.4. The zero-order valence-electron chi connectivity index (χ0n) is 9.10. The standard InChI is InChI=1S/C12H14N2O2/c1-9-4-5-13-12(6-9)14-7-10-2-3-11(8-15)16-10/h2-6,15H,7-8H2,1H3,(H,13,14). The smallest absolute Gasteiger partial charge is 0.129 e. The second kappa shape index (κ2) is 4.81. The van der Waals surface area contributed by atoms with Crippen LogP contribution in [0.15, 0.2) is 34.9 Å². The minimum atomic E-state index is -0.0668. The Labute approximate surface area is 93.9 Å². The van der Waals surface area contributed by atoms with Crippen LogP contribution in [0.4, 0.5) is 5.82 Å². The topological polar surface area (TPSA) is 58.3 Å². The van der Waals surface area contributed by atoms with Crippen molar-refractivity contribution < 1.29 is 9.52 Å². The number of nitrogens with zero attached hydrogens (tertiary/aromatic N) is 1. The largest absolute Gasteiger partial charge is 0.462 e. The molecule has 84 valence electrons. The third-order valence-electron chi connectivity index (χ3n) is 2.23. The van der Waals surface area contributed by atoms with Gasteiger partial charge in [-0.2, -0.15) is 0 Å². The van der Waals surface area contributed by atoms with E-state index >= 15 is 0 Å². The number of aliphatic hydroxyl groups excluding tert-OH is 1. The molecule has 16 heavy (non-hydrogen) atoms. The van der Waals surface area contributed by atoms with Crippen molar-refractivity contribution in [2.45, 2.75) is 20.1 Å². The van der Waals surface area contributed by atoms with Gasteiger partial charge in [0.05, 0.1) is 6.54 Å². The Balaban J connectivity index is 1.96. The lowest BCUT2D eigenvalue weighted by molar-refractivity contribution is 0.244. The molecule has 0 saturated carbocycles. The fraction of sp³-hybridized carbons (Fsp3) is 0.250. The average molecular weight is 218 g/mol. The van der Waals surface area contributed by atoms with Crippen molar-refractivity contribution in [3.8, 4) is 0 Å². The minimum absolute atomic E-state index is 0.0668. The van der Waals surface area contributed by atoms with E-state index in [1.165, 1.54) is 0 Å². The number of aryl methyl sites for hydroxylation is 1. The van der Waals surface area contributed by atoms with Crippen LogP contribution < -0.4 is 5.32 Å². The third kappa shape index (κ3) is 2.61. The summed E-state index contributed by atoms with van der Waals surface area (Å²) in [6.45, 7) is 2.52. The van der Waals surface area contributed by atoms with Crippen LogP contribution in [0, 0.1) is 6.92 Å². The Morgan fingerprint density at radius 2 is 2.12 bits per heavy atom. The maximum Gasteiger partial charge on any atom is 0.129 e. The molecule has 0 saturated heterocycles. The van der Waals surface area contributed by atoms with Crippen molar-refractivity contribution in [1.29, 1.82) is 0 Å². The van der Waals surface area contributed by atoms with Gasteiger partial charge in [0, 0.05) is 6.20 Å². The number of pyridine rings is 1. The van der Waals surface area contributed by atoms with Crippen molar-refractivity contribution in [2.24, 2.45) is 0 Å². The molecule has 2 N–H and O–H groups in total. The van der Waals surface area contributed by atoms with E-state index in [-0.39, 0.29) is 6.61 Å². The summed E-state index contributed by atoms with van der Waals surface area (Å²) in [5, 5.41) is 12.0. The van der Waals surface area contributed by atoms with E-state index in [4.69, 9.17) is 9.52 Å². The predicted molar refractivity (Wildman–Crippen MR) is 60.9 cm³/mol. The third-order valence-corrected chi connectivity index (χ3v) is 2.23. The van der Waals surface area contributed by atoms with Crippen LogP contribution in [-0.4, -0.2) is 10.1 Å². The molecule has 0 fully saturated rings. The first-order valence-corrected chi connectivity index (χ1v) is 5.13. The summed E-state index contributed by atoms with van der Waals surface area (Å²) in [4.78, 5) is 4.18. The summed E-state index contributed by atoms with van der Waals surface area (Å²) in [6.07, 6.45) is 1.76. The molecule has 0 bridgehead atoms. The van der Waals surface area contributed by atoms with Crippen LogP contribution in [0.3, 0.4) is 0 Å². The number of aliphatic hydroxyl groups is 1. The molecule has 4 nitrogen and oxygen atoms in total. The van der Waals surface area contributed by atoms with Gasteiger partial charge in [-0.1, -0.05) is 0 Å². The van der Waals surface area contributed by atoms with Gasteiger partial charge in [0.2, 0.25) is 0 Å². The first-order valence-electron chi connectivity index (χ1n) is 5.13. The van der Waals surface area contributed by atoms with Gasteiger partial charge in [-0.15, -0.1) is 0 Å². The van der Waals surface area contributed by atoms with Gasteiger partial charge < -0.3 is 14.8 Å². The fourth-order valence-electron chi connectivity index (χ4n) is 1.41. The molecular formula is C12H14N2O2. The van der Waals surface area contributed by atoms with Crippen molar-refractivity contribution in [1.82, 2.24) is 4.98 Å². The molecule has 0 radical (unpaired) electrons. The van der Waals surface area contributed by atoms with Crippen LogP contribution >= 0.6 is 0 Å². The Kier molecular flexibility index (Phi) is 3.22. The zero-order valence-corrected chi connectivity index (χ0v) is 9.10. The van der Waals surface area contributed by atoms with E-state index in [9.17, 15) is 0 Å². The summed E-state index contributed by atoms with van der Waals surface area (Å²) in [7, 11) is 0. The molecule has 0 aliphatic heterocycles. The van der Waals surface area contributed by atoms with Crippen molar-refractivity contribution in [3.05, 3.63) is 47.5 Å². The number of aromatic nitrogens is 1. The first-order chi connectivity index (χ1) is 7.78. The summed E-state index contributed by atoms with van der Waals surface area (Å²) in [5.41, 5.74) is 1.16. The SMILES string of the molecule is Cc1ccnc(NCc2ccc(CO)o2)c1. The van der Waals surface area contributed by atoms with E-state index < -0.39 is 0 Å². The second-order valence-corrected chi connectivity index (χ2v) is 3.60. The summed E-state index contributed by atoms with van der Waals surface area (Å²) >= 11 is 0. The Hall–Kier alpha value is -1.81. The highest BCUT2D eigenvalue weighted by Crippen LogP contribution is 2.11. The zero-order chi connectivity index (χ0) is 11.4. The molecule has 0 atom stereocenters. The highest BCUT2D eigenvalue weighted by Gasteiger charge is 2.01. The summed E-state index contributed by atoms with van der Waals surface area (Å²) in [5.74, 6) is 2.18. The second-order valence-electron chi connectivity index (χ2n) is 3.60. The molecule has 4 heteroatoms. The number of nitrogens with one attached hydrogen (secondary N) is 1. The van der Waals surface area contributed by atoms with Gasteiger partial charge in [0.25, 0.3) is 0 Å². The van der Waals surface area contributed by atoms with E-state index in [1.807, 2.05) is 25.1 Å². The molecular weight excluding hydrogens is 204 g/mol. The van der Waals surface area contributed by atoms with Crippen LogP contribution in [-0.2, 0) is 13.2 Å². The normalized spacial score (nSPS) is 10.4. The molecule has 2 aromatic rings. The molecule has 0 aromatic carbocycles. The molecule has 2 heterocycles. The van der Waals surface area contributed by atoms with Crippen LogP contribution in [0.1, 0.15) is 17.1 Å². The van der Waals surface area contributed by atoms with Gasteiger partial charge in [0.1, 0.15) is 23.9 Å². The molecule has 0 unspecified atom stereocenters. The van der Waals surface area contributed by atoms with Gasteiger partial charge in [0.15, 0.2) is 0 Å². The lowest BCUT2D eigenvalue weighted by atomic mass is 10.3. The Bertz CT molecular complexity index is 466. The monoisotopic (exact) mass is 218 g/mol. The lowest BCUT2D eigenvalue weighted by Gasteiger charge is -2.03. The van der Waals surface area contributed by atoms with E-state index in [1.54, 1.807) is 12.3 Å². The lowest BCUT2D eigenvalue weighted by Crippen LogP contribution is -2.00. The quantitative estimate of drug-likeness (QED) is 0.825. The highest BCUT2D eigenvalue weighted by molar-refractivity contribution is 5.37. The fourth-order valence-corrected chi connectivity index (χ4v) is 1.41. The number of furan rings is 1. The van der Waals surface area contributed by atoms with Crippen LogP contribution in [0.25, 0.3) is 0 Å². The molecule has 2 aromatic heterocycles. The molecule has 0 aliphatic rings. The Morgan fingerprint density at radius 1 is 1.31 bits per heavy atom. The van der Waals surface area contributed by atoms with E-state index in [0.717, 1.165) is 17.1 Å². The molecule has 0 amide bonds. The molecule has 0 aliphatic carbocycles. The van der Waals surface area contributed by atoms with E-state index in [2.05, 4.69) is 10.3 Å². The number of anilines is 1. The summed E-state index contributed by atoms with van der Waals surface area (Å²) in [6, 6.07) is 7.52. The Morgan fingerprint density at radius 3 is 2.81 bits per heavy atom.